The Hall–Kier alpha value is -3.06. The van der Waals surface area contributed by atoms with E-state index in [0.717, 1.165) is 16.5 Å². The number of nitrogens with zero attached hydrogens (tertiary/aromatic N) is 1. The van der Waals surface area contributed by atoms with E-state index >= 15 is 0 Å². The quantitative estimate of drug-likeness (QED) is 0.735. The van der Waals surface area contributed by atoms with E-state index in [-0.39, 0.29) is 5.75 Å². The number of hydrogen-bond donors (Lipinski definition) is 1. The molecule has 0 amide bonds. The molecule has 2 aromatic carbocycles. The molecule has 4 heteroatoms. The van der Waals surface area contributed by atoms with Crippen molar-refractivity contribution in [3.8, 4) is 11.8 Å². The molecule has 0 fully saturated rings. The molecule has 0 aliphatic heterocycles. The fourth-order valence-corrected chi connectivity index (χ4v) is 2.49. The Bertz CT molecular complexity index is 947. The maximum absolute atomic E-state index is 12.2. The lowest BCUT2D eigenvalue weighted by Crippen LogP contribution is -2.10. The van der Waals surface area contributed by atoms with Gasteiger partial charge in [0, 0.05) is 23.4 Å². The number of aryl methyl sites for hydroxylation is 1. The molecule has 0 bridgehead atoms. The standard InChI is InChI=1S/C18H13NO3/c1-11-15-7-6-14(20)9-17(15)22-18(21)16(11)8-12-2-4-13(10-19)5-3-12/h2-7,9,20H,8H2,1H3. The number of phenolic OH excluding ortho intramolecular Hbond substituents is 1. The van der Waals surface area contributed by atoms with Gasteiger partial charge in [-0.15, -0.1) is 0 Å². The van der Waals surface area contributed by atoms with Gasteiger partial charge in [-0.3, -0.25) is 0 Å². The third-order valence-electron chi connectivity index (χ3n) is 3.73. The first-order chi connectivity index (χ1) is 10.6. The summed E-state index contributed by atoms with van der Waals surface area (Å²) in [6, 6.07) is 13.9. The molecule has 0 atom stereocenters. The van der Waals surface area contributed by atoms with Crippen molar-refractivity contribution in [1.82, 2.24) is 0 Å². The van der Waals surface area contributed by atoms with Gasteiger partial charge in [0.1, 0.15) is 11.3 Å². The molecule has 0 aliphatic rings. The number of benzene rings is 2. The zero-order valence-corrected chi connectivity index (χ0v) is 12.0. The summed E-state index contributed by atoms with van der Waals surface area (Å²) in [5, 5.41) is 19.1. The van der Waals surface area contributed by atoms with E-state index in [1.807, 2.05) is 19.1 Å². The van der Waals surface area contributed by atoms with Crippen LogP contribution in [0.15, 0.2) is 51.7 Å². The van der Waals surface area contributed by atoms with Gasteiger partial charge in [-0.05, 0) is 42.3 Å². The van der Waals surface area contributed by atoms with Crippen LogP contribution in [0.25, 0.3) is 11.0 Å². The summed E-state index contributed by atoms with van der Waals surface area (Å²) in [5.41, 5.74) is 2.93. The predicted octanol–water partition coefficient (Wildman–Crippen LogP) is 3.27. The normalized spacial score (nSPS) is 10.5. The van der Waals surface area contributed by atoms with Crippen LogP contribution in [0.3, 0.4) is 0 Å². The van der Waals surface area contributed by atoms with Gasteiger partial charge in [-0.25, -0.2) is 4.79 Å². The zero-order valence-electron chi connectivity index (χ0n) is 12.0. The van der Waals surface area contributed by atoms with Crippen LogP contribution in [0.2, 0.25) is 0 Å². The Morgan fingerprint density at radius 2 is 1.91 bits per heavy atom. The van der Waals surface area contributed by atoms with Crippen LogP contribution >= 0.6 is 0 Å². The fourth-order valence-electron chi connectivity index (χ4n) is 2.49. The average molecular weight is 291 g/mol. The van der Waals surface area contributed by atoms with E-state index in [2.05, 4.69) is 6.07 Å². The van der Waals surface area contributed by atoms with E-state index in [9.17, 15) is 9.90 Å². The molecule has 1 aromatic heterocycles. The lowest BCUT2D eigenvalue weighted by atomic mass is 9.99. The molecule has 1 N–H and O–H groups in total. The minimum absolute atomic E-state index is 0.0647. The first-order valence-electron chi connectivity index (χ1n) is 6.83. The Morgan fingerprint density at radius 1 is 1.18 bits per heavy atom. The number of phenols is 1. The Kier molecular flexibility index (Phi) is 3.40. The summed E-state index contributed by atoms with van der Waals surface area (Å²) in [4.78, 5) is 12.2. The monoisotopic (exact) mass is 291 g/mol. The Balaban J connectivity index is 2.08. The molecule has 0 radical (unpaired) electrons. The summed E-state index contributed by atoms with van der Waals surface area (Å²) in [6.45, 7) is 1.87. The van der Waals surface area contributed by atoms with Crippen molar-refractivity contribution < 1.29 is 9.52 Å². The van der Waals surface area contributed by atoms with Gasteiger partial charge in [0.15, 0.2) is 0 Å². The number of nitriles is 1. The van der Waals surface area contributed by atoms with Gasteiger partial charge >= 0.3 is 5.63 Å². The predicted molar refractivity (Wildman–Crippen MR) is 82.8 cm³/mol. The van der Waals surface area contributed by atoms with Crippen molar-refractivity contribution in [3.05, 3.63) is 75.1 Å². The third kappa shape index (κ3) is 2.45. The van der Waals surface area contributed by atoms with Crippen LogP contribution in [0.1, 0.15) is 22.3 Å². The molecule has 3 rings (SSSR count). The minimum Gasteiger partial charge on any atom is -0.508 e. The summed E-state index contributed by atoms with van der Waals surface area (Å²) in [6.07, 6.45) is 0.441. The van der Waals surface area contributed by atoms with E-state index in [0.29, 0.717) is 23.1 Å². The van der Waals surface area contributed by atoms with Gasteiger partial charge < -0.3 is 9.52 Å². The number of hydrogen-bond acceptors (Lipinski definition) is 4. The van der Waals surface area contributed by atoms with Gasteiger partial charge in [0.2, 0.25) is 0 Å². The van der Waals surface area contributed by atoms with Crippen LogP contribution in [0, 0.1) is 18.3 Å². The average Bonchev–Trinajstić information content (AvgIpc) is 2.51. The molecule has 0 aliphatic carbocycles. The second kappa shape index (κ2) is 5.38. The number of rotatable bonds is 2. The highest BCUT2D eigenvalue weighted by molar-refractivity contribution is 5.82. The first kappa shape index (κ1) is 13.9. The van der Waals surface area contributed by atoms with Crippen molar-refractivity contribution in [2.45, 2.75) is 13.3 Å². The minimum atomic E-state index is -0.403. The maximum Gasteiger partial charge on any atom is 0.340 e. The van der Waals surface area contributed by atoms with Crippen LogP contribution in [-0.2, 0) is 6.42 Å². The number of aromatic hydroxyl groups is 1. The van der Waals surface area contributed by atoms with Gasteiger partial charge in [-0.2, -0.15) is 5.26 Å². The summed E-state index contributed by atoms with van der Waals surface area (Å²) < 4.78 is 5.30. The lowest BCUT2D eigenvalue weighted by Gasteiger charge is -2.08. The van der Waals surface area contributed by atoms with E-state index in [1.165, 1.54) is 6.07 Å². The van der Waals surface area contributed by atoms with E-state index in [4.69, 9.17) is 9.68 Å². The Labute approximate surface area is 126 Å². The molecule has 108 valence electrons. The molecule has 0 saturated heterocycles. The first-order valence-corrected chi connectivity index (χ1v) is 6.83. The Morgan fingerprint density at radius 3 is 2.59 bits per heavy atom. The zero-order chi connectivity index (χ0) is 15.7. The van der Waals surface area contributed by atoms with Crippen molar-refractivity contribution in [1.29, 1.82) is 5.26 Å². The highest BCUT2D eigenvalue weighted by Crippen LogP contribution is 2.24. The number of fused-ring (bicyclic) bond motifs is 1. The van der Waals surface area contributed by atoms with Crippen LogP contribution in [-0.4, -0.2) is 5.11 Å². The van der Waals surface area contributed by atoms with Crippen LogP contribution < -0.4 is 5.63 Å². The van der Waals surface area contributed by atoms with Crippen molar-refractivity contribution in [2.75, 3.05) is 0 Å². The SMILES string of the molecule is Cc1c(Cc2ccc(C#N)cc2)c(=O)oc2cc(O)ccc12. The topological polar surface area (TPSA) is 74.2 Å². The van der Waals surface area contributed by atoms with E-state index < -0.39 is 5.63 Å². The second-order valence-electron chi connectivity index (χ2n) is 5.16. The molecule has 1 heterocycles. The molecule has 0 saturated carbocycles. The molecular formula is C18H13NO3. The molecule has 3 aromatic rings. The summed E-state index contributed by atoms with van der Waals surface area (Å²) in [5.74, 6) is 0.0647. The highest BCUT2D eigenvalue weighted by atomic mass is 16.4. The van der Waals surface area contributed by atoms with Crippen LogP contribution in [0.5, 0.6) is 5.75 Å². The summed E-state index contributed by atoms with van der Waals surface area (Å²) in [7, 11) is 0. The van der Waals surface area contributed by atoms with Crippen molar-refractivity contribution in [3.63, 3.8) is 0 Å². The fraction of sp³-hybridized carbons (Fsp3) is 0.111. The molecule has 22 heavy (non-hydrogen) atoms. The second-order valence-corrected chi connectivity index (χ2v) is 5.16. The molecule has 4 nitrogen and oxygen atoms in total. The van der Waals surface area contributed by atoms with E-state index in [1.54, 1.807) is 24.3 Å². The third-order valence-corrected chi connectivity index (χ3v) is 3.73. The van der Waals surface area contributed by atoms with Gasteiger partial charge in [0.05, 0.1) is 11.6 Å². The maximum atomic E-state index is 12.2. The van der Waals surface area contributed by atoms with Gasteiger partial charge in [-0.1, -0.05) is 12.1 Å². The van der Waals surface area contributed by atoms with Gasteiger partial charge in [0.25, 0.3) is 0 Å². The lowest BCUT2D eigenvalue weighted by molar-refractivity contribution is 0.472. The largest absolute Gasteiger partial charge is 0.508 e. The van der Waals surface area contributed by atoms with Crippen molar-refractivity contribution in [2.24, 2.45) is 0 Å². The molecular weight excluding hydrogens is 278 g/mol. The summed E-state index contributed by atoms with van der Waals surface area (Å²) >= 11 is 0. The highest BCUT2D eigenvalue weighted by Gasteiger charge is 2.12. The van der Waals surface area contributed by atoms with Crippen LogP contribution in [0.4, 0.5) is 0 Å². The molecule has 0 spiro atoms. The molecule has 0 unspecified atom stereocenters. The smallest absolute Gasteiger partial charge is 0.340 e. The van der Waals surface area contributed by atoms with Crippen molar-refractivity contribution >= 4 is 11.0 Å².